The number of anilines is 1. The van der Waals surface area contributed by atoms with Gasteiger partial charge in [0.15, 0.2) is 0 Å². The number of carbonyl (C=O) groups is 1. The summed E-state index contributed by atoms with van der Waals surface area (Å²) < 4.78 is 18.8. The first-order chi connectivity index (χ1) is 12.5. The van der Waals surface area contributed by atoms with Crippen molar-refractivity contribution < 1.29 is 24.1 Å². The third kappa shape index (κ3) is 4.15. The average Bonchev–Trinajstić information content (AvgIpc) is 2.96. The molecule has 1 amide bonds. The summed E-state index contributed by atoms with van der Waals surface area (Å²) in [7, 11) is 0. The predicted molar refractivity (Wildman–Crippen MR) is 94.4 cm³/mol. The number of hydrogen-bond acceptors (Lipinski definition) is 6. The second-order valence-electron chi connectivity index (χ2n) is 6.81. The van der Waals surface area contributed by atoms with Crippen LogP contribution in [0, 0.1) is 5.82 Å². The van der Waals surface area contributed by atoms with Crippen molar-refractivity contribution in [2.45, 2.75) is 31.3 Å². The Morgan fingerprint density at radius 2 is 1.88 bits per heavy atom. The third-order valence-corrected chi connectivity index (χ3v) is 5.12. The van der Waals surface area contributed by atoms with Gasteiger partial charge in [0.1, 0.15) is 18.0 Å². The Hall–Kier alpha value is -1.74. The largest absolute Gasteiger partial charge is 0.394 e. The summed E-state index contributed by atoms with van der Waals surface area (Å²) in [6, 6.07) is 6.14. The van der Waals surface area contributed by atoms with Crippen LogP contribution < -0.4 is 10.2 Å². The molecule has 0 radical (unpaired) electrons. The van der Waals surface area contributed by atoms with Crippen molar-refractivity contribution in [1.82, 2.24) is 10.2 Å². The first-order valence-corrected chi connectivity index (χ1v) is 8.93. The Morgan fingerprint density at radius 3 is 2.46 bits per heavy atom. The number of benzene rings is 1. The van der Waals surface area contributed by atoms with E-state index in [1.807, 2.05) is 0 Å². The summed E-state index contributed by atoms with van der Waals surface area (Å²) in [4.78, 5) is 15.5. The van der Waals surface area contributed by atoms with Gasteiger partial charge in [-0.15, -0.1) is 0 Å². The summed E-state index contributed by atoms with van der Waals surface area (Å²) in [6.07, 6.45) is -1.83. The summed E-state index contributed by atoms with van der Waals surface area (Å²) >= 11 is 0. The van der Waals surface area contributed by atoms with Crippen molar-refractivity contribution in [2.24, 2.45) is 0 Å². The minimum atomic E-state index is -0.809. The number of amides is 1. The molecule has 7 nitrogen and oxygen atoms in total. The van der Waals surface area contributed by atoms with Crippen LogP contribution in [0.15, 0.2) is 24.3 Å². The molecule has 4 atom stereocenters. The highest BCUT2D eigenvalue weighted by Crippen LogP contribution is 2.27. The molecule has 144 valence electrons. The zero-order valence-electron chi connectivity index (χ0n) is 14.8. The fraction of sp³-hybridized carbons (Fsp3) is 0.611. The molecule has 2 aliphatic heterocycles. The molecule has 8 heteroatoms. The molecule has 1 aromatic carbocycles. The standard InChI is InChI=1S/C18H26FN3O4/c1-12(24)20-10-15-17(18(25)16(11-23)26-15)22-8-6-21(7-9-22)14-4-2-13(19)3-5-14/h2-5,15-18,23,25H,6-11H2,1H3,(H,20,24)/t15-,16-,17-,18+/m0/s1. The van der Waals surface area contributed by atoms with Gasteiger partial charge in [0.2, 0.25) is 5.91 Å². The van der Waals surface area contributed by atoms with Crippen molar-refractivity contribution in [1.29, 1.82) is 0 Å². The molecule has 2 fully saturated rings. The lowest BCUT2D eigenvalue weighted by Gasteiger charge is -2.41. The van der Waals surface area contributed by atoms with Gasteiger partial charge in [0.25, 0.3) is 0 Å². The SMILES string of the molecule is CC(=O)NC[C@@H]1O[C@@H](CO)[C@@H](O)[C@H]1N1CCN(c2ccc(F)cc2)CC1. The van der Waals surface area contributed by atoms with Crippen LogP contribution in [0.5, 0.6) is 0 Å². The van der Waals surface area contributed by atoms with Crippen LogP contribution in [-0.2, 0) is 9.53 Å². The quantitative estimate of drug-likeness (QED) is 0.655. The second-order valence-corrected chi connectivity index (χ2v) is 6.81. The number of rotatable bonds is 5. The number of ether oxygens (including phenoxy) is 1. The minimum absolute atomic E-state index is 0.157. The van der Waals surface area contributed by atoms with Crippen molar-refractivity contribution >= 4 is 11.6 Å². The number of piperazine rings is 1. The fourth-order valence-corrected chi connectivity index (χ4v) is 3.77. The van der Waals surface area contributed by atoms with Crippen LogP contribution in [0.1, 0.15) is 6.92 Å². The van der Waals surface area contributed by atoms with E-state index in [0.29, 0.717) is 19.6 Å². The van der Waals surface area contributed by atoms with Crippen molar-refractivity contribution in [2.75, 3.05) is 44.2 Å². The van der Waals surface area contributed by atoms with E-state index in [1.54, 1.807) is 12.1 Å². The van der Waals surface area contributed by atoms with E-state index in [1.165, 1.54) is 19.1 Å². The molecule has 0 aromatic heterocycles. The Bertz CT molecular complexity index is 607. The molecule has 3 rings (SSSR count). The lowest BCUT2D eigenvalue weighted by molar-refractivity contribution is -0.119. The molecule has 0 aliphatic carbocycles. The molecule has 0 saturated carbocycles. The molecule has 0 unspecified atom stereocenters. The Morgan fingerprint density at radius 1 is 1.23 bits per heavy atom. The van der Waals surface area contributed by atoms with Crippen molar-refractivity contribution in [3.05, 3.63) is 30.1 Å². The minimum Gasteiger partial charge on any atom is -0.394 e. The third-order valence-electron chi connectivity index (χ3n) is 5.12. The lowest BCUT2D eigenvalue weighted by atomic mass is 10.0. The van der Waals surface area contributed by atoms with Gasteiger partial charge >= 0.3 is 0 Å². The first kappa shape index (κ1) is 19.0. The van der Waals surface area contributed by atoms with Crippen LogP contribution in [0.25, 0.3) is 0 Å². The summed E-state index contributed by atoms with van der Waals surface area (Å²) in [5.41, 5.74) is 0.970. The van der Waals surface area contributed by atoms with Crippen LogP contribution in [-0.4, -0.2) is 84.7 Å². The zero-order valence-corrected chi connectivity index (χ0v) is 14.8. The highest BCUT2D eigenvalue weighted by atomic mass is 19.1. The van der Waals surface area contributed by atoms with Gasteiger partial charge in [0.05, 0.1) is 18.8 Å². The van der Waals surface area contributed by atoms with Crippen LogP contribution in [0.3, 0.4) is 0 Å². The number of nitrogens with one attached hydrogen (secondary N) is 1. The highest BCUT2D eigenvalue weighted by Gasteiger charge is 2.46. The molecular formula is C18H26FN3O4. The number of aliphatic hydroxyl groups excluding tert-OH is 2. The molecule has 2 saturated heterocycles. The number of hydrogen-bond donors (Lipinski definition) is 3. The normalized spacial score (nSPS) is 29.8. The van der Waals surface area contributed by atoms with E-state index in [-0.39, 0.29) is 30.5 Å². The first-order valence-electron chi connectivity index (χ1n) is 8.93. The summed E-state index contributed by atoms with van der Waals surface area (Å²) in [5.74, 6) is -0.412. The predicted octanol–water partition coefficient (Wildman–Crippen LogP) is -0.427. The average molecular weight is 367 g/mol. The van der Waals surface area contributed by atoms with Gasteiger partial charge in [-0.25, -0.2) is 4.39 Å². The number of nitrogens with zero attached hydrogens (tertiary/aromatic N) is 2. The Kier molecular flexibility index (Phi) is 6.08. The Balaban J connectivity index is 1.63. The van der Waals surface area contributed by atoms with E-state index >= 15 is 0 Å². The summed E-state index contributed by atoms with van der Waals surface area (Å²) in [5, 5.41) is 22.7. The van der Waals surface area contributed by atoms with Gasteiger partial charge in [0, 0.05) is 45.3 Å². The van der Waals surface area contributed by atoms with Gasteiger partial charge < -0.3 is 25.2 Å². The van der Waals surface area contributed by atoms with Crippen molar-refractivity contribution in [3.63, 3.8) is 0 Å². The molecule has 2 heterocycles. The van der Waals surface area contributed by atoms with Gasteiger partial charge in [-0.1, -0.05) is 0 Å². The van der Waals surface area contributed by atoms with E-state index in [0.717, 1.165) is 18.8 Å². The topological polar surface area (TPSA) is 85.3 Å². The van der Waals surface area contributed by atoms with E-state index in [2.05, 4.69) is 15.1 Å². The molecule has 26 heavy (non-hydrogen) atoms. The molecular weight excluding hydrogens is 341 g/mol. The molecule has 0 spiro atoms. The number of halogens is 1. The monoisotopic (exact) mass is 367 g/mol. The lowest BCUT2D eigenvalue weighted by Crippen LogP contribution is -2.57. The van der Waals surface area contributed by atoms with Crippen LogP contribution >= 0.6 is 0 Å². The maximum absolute atomic E-state index is 13.1. The summed E-state index contributed by atoms with van der Waals surface area (Å²) in [6.45, 7) is 4.37. The van der Waals surface area contributed by atoms with Crippen LogP contribution in [0.2, 0.25) is 0 Å². The zero-order chi connectivity index (χ0) is 18.7. The van der Waals surface area contributed by atoms with Gasteiger partial charge in [-0.3, -0.25) is 9.69 Å². The fourth-order valence-electron chi connectivity index (χ4n) is 3.77. The maximum atomic E-state index is 13.1. The smallest absolute Gasteiger partial charge is 0.216 e. The van der Waals surface area contributed by atoms with E-state index in [4.69, 9.17) is 4.74 Å². The second kappa shape index (κ2) is 8.30. The molecule has 1 aromatic rings. The molecule has 3 N–H and O–H groups in total. The maximum Gasteiger partial charge on any atom is 0.216 e. The van der Waals surface area contributed by atoms with E-state index in [9.17, 15) is 19.4 Å². The van der Waals surface area contributed by atoms with Gasteiger partial charge in [-0.2, -0.15) is 0 Å². The van der Waals surface area contributed by atoms with Gasteiger partial charge in [-0.05, 0) is 24.3 Å². The Labute approximate surface area is 152 Å². The number of aliphatic hydroxyl groups is 2. The van der Waals surface area contributed by atoms with Crippen molar-refractivity contribution in [3.8, 4) is 0 Å². The number of carbonyl (C=O) groups excluding carboxylic acids is 1. The van der Waals surface area contributed by atoms with Crippen LogP contribution in [0.4, 0.5) is 10.1 Å². The highest BCUT2D eigenvalue weighted by molar-refractivity contribution is 5.72. The molecule has 2 aliphatic rings. The van der Waals surface area contributed by atoms with E-state index < -0.39 is 12.2 Å². The molecule has 0 bridgehead atoms.